The van der Waals surface area contributed by atoms with Gasteiger partial charge < -0.3 is 15.0 Å². The van der Waals surface area contributed by atoms with E-state index in [-0.39, 0.29) is 6.09 Å². The van der Waals surface area contributed by atoms with Gasteiger partial charge in [-0.25, -0.2) is 4.79 Å². The van der Waals surface area contributed by atoms with Crippen LogP contribution in [0.4, 0.5) is 4.79 Å². The molecule has 0 bridgehead atoms. The third-order valence-electron chi connectivity index (χ3n) is 5.45. The second kappa shape index (κ2) is 6.03. The number of ether oxygens (including phenoxy) is 1. The number of likely N-dealkylation sites (tertiary alicyclic amines) is 1. The van der Waals surface area contributed by atoms with E-state index in [9.17, 15) is 4.79 Å². The summed E-state index contributed by atoms with van der Waals surface area (Å²) in [6.07, 6.45) is 8.98. The van der Waals surface area contributed by atoms with E-state index < -0.39 is 5.60 Å². The Labute approximate surface area is 135 Å². The monoisotopic (exact) mass is 308 g/mol. The van der Waals surface area contributed by atoms with Gasteiger partial charge in [-0.05, 0) is 77.0 Å². The van der Waals surface area contributed by atoms with Gasteiger partial charge >= 0.3 is 6.09 Å². The van der Waals surface area contributed by atoms with Gasteiger partial charge in [0.15, 0.2) is 0 Å². The van der Waals surface area contributed by atoms with Crippen LogP contribution in [0.25, 0.3) is 0 Å². The summed E-state index contributed by atoms with van der Waals surface area (Å²) in [6.45, 7) is 8.73. The third kappa shape index (κ3) is 3.95. The van der Waals surface area contributed by atoms with Crippen molar-refractivity contribution in [1.29, 1.82) is 0 Å². The molecular weight excluding hydrogens is 276 g/mol. The number of amides is 1. The van der Waals surface area contributed by atoms with E-state index in [1.54, 1.807) is 0 Å². The summed E-state index contributed by atoms with van der Waals surface area (Å²) in [5, 5.41) is 3.68. The summed E-state index contributed by atoms with van der Waals surface area (Å²) in [7, 11) is 0. The highest BCUT2D eigenvalue weighted by Gasteiger charge is 2.53. The van der Waals surface area contributed by atoms with Crippen molar-refractivity contribution >= 4 is 6.09 Å². The lowest BCUT2D eigenvalue weighted by atomic mass is 9.99. The Balaban J connectivity index is 1.48. The summed E-state index contributed by atoms with van der Waals surface area (Å²) >= 11 is 0. The Morgan fingerprint density at radius 1 is 1.23 bits per heavy atom. The molecule has 0 radical (unpaired) electrons. The highest BCUT2D eigenvalue weighted by molar-refractivity contribution is 5.68. The molecule has 4 heteroatoms. The smallest absolute Gasteiger partial charge is 0.410 e. The average Bonchev–Trinajstić information content (AvgIpc) is 3.30. The summed E-state index contributed by atoms with van der Waals surface area (Å²) < 4.78 is 5.57. The van der Waals surface area contributed by atoms with E-state index in [0.717, 1.165) is 38.4 Å². The molecule has 2 saturated carbocycles. The number of carbonyl (C=O) groups excluding carboxylic acids is 1. The Hall–Kier alpha value is -0.770. The van der Waals surface area contributed by atoms with E-state index in [2.05, 4.69) is 5.32 Å². The Morgan fingerprint density at radius 2 is 1.95 bits per heavy atom. The van der Waals surface area contributed by atoms with Crippen molar-refractivity contribution in [2.24, 2.45) is 11.3 Å². The zero-order valence-corrected chi connectivity index (χ0v) is 14.5. The van der Waals surface area contributed by atoms with E-state index in [0.29, 0.717) is 11.5 Å². The topological polar surface area (TPSA) is 41.6 Å². The van der Waals surface area contributed by atoms with Crippen LogP contribution >= 0.6 is 0 Å². The first-order valence-electron chi connectivity index (χ1n) is 9.10. The van der Waals surface area contributed by atoms with Crippen LogP contribution in [-0.2, 0) is 4.74 Å². The van der Waals surface area contributed by atoms with Crippen LogP contribution in [0, 0.1) is 11.3 Å². The van der Waals surface area contributed by atoms with Crippen LogP contribution < -0.4 is 5.32 Å². The number of hydrogen-bond donors (Lipinski definition) is 1. The molecule has 1 amide bonds. The second-order valence-electron chi connectivity index (χ2n) is 8.59. The maximum Gasteiger partial charge on any atom is 0.410 e. The Morgan fingerprint density at radius 3 is 2.55 bits per heavy atom. The van der Waals surface area contributed by atoms with Crippen LogP contribution in [0.2, 0.25) is 0 Å². The molecule has 0 spiro atoms. The van der Waals surface area contributed by atoms with Crippen molar-refractivity contribution in [3.63, 3.8) is 0 Å². The van der Waals surface area contributed by atoms with Crippen LogP contribution in [-0.4, -0.2) is 42.3 Å². The number of piperidine rings is 1. The minimum atomic E-state index is -0.406. The normalized spacial score (nSPS) is 27.6. The molecule has 4 nitrogen and oxygen atoms in total. The SMILES string of the molecule is CC(C)(C)OC(=O)N1CCCCC1CNCC1(C2CC2)CC1. The van der Waals surface area contributed by atoms with Crippen LogP contribution in [0.15, 0.2) is 0 Å². The van der Waals surface area contributed by atoms with Gasteiger partial charge in [-0.3, -0.25) is 0 Å². The number of nitrogens with zero attached hydrogens (tertiary/aromatic N) is 1. The zero-order chi connectivity index (χ0) is 15.8. The predicted octanol–water partition coefficient (Wildman–Crippen LogP) is 3.56. The molecule has 1 atom stereocenters. The summed E-state index contributed by atoms with van der Waals surface area (Å²) in [5.74, 6) is 0.994. The first-order chi connectivity index (χ1) is 10.4. The molecule has 1 N–H and O–H groups in total. The molecule has 126 valence electrons. The van der Waals surface area contributed by atoms with Crippen LogP contribution in [0.3, 0.4) is 0 Å². The minimum absolute atomic E-state index is 0.137. The predicted molar refractivity (Wildman–Crippen MR) is 87.8 cm³/mol. The minimum Gasteiger partial charge on any atom is -0.444 e. The first kappa shape index (κ1) is 16.1. The molecular formula is C18H32N2O2. The van der Waals surface area contributed by atoms with Gasteiger partial charge in [0.05, 0.1) is 0 Å². The number of hydrogen-bond acceptors (Lipinski definition) is 3. The van der Waals surface area contributed by atoms with Crippen molar-refractivity contribution < 1.29 is 9.53 Å². The lowest BCUT2D eigenvalue weighted by molar-refractivity contribution is 0.00983. The number of nitrogens with one attached hydrogen (secondary N) is 1. The number of rotatable bonds is 5. The third-order valence-corrected chi connectivity index (χ3v) is 5.45. The Kier molecular flexibility index (Phi) is 4.41. The highest BCUT2D eigenvalue weighted by atomic mass is 16.6. The van der Waals surface area contributed by atoms with Crippen LogP contribution in [0.1, 0.15) is 65.7 Å². The molecule has 3 rings (SSSR count). The van der Waals surface area contributed by atoms with Crippen molar-refractivity contribution in [3.05, 3.63) is 0 Å². The molecule has 1 heterocycles. The fraction of sp³-hybridized carbons (Fsp3) is 0.944. The Bertz CT molecular complexity index is 408. The standard InChI is InChI=1S/C18H32N2O2/c1-17(2,3)22-16(21)20-11-5-4-6-15(20)12-19-13-18(9-10-18)14-7-8-14/h14-15,19H,4-13H2,1-3H3. The van der Waals surface area contributed by atoms with E-state index in [4.69, 9.17) is 4.74 Å². The second-order valence-corrected chi connectivity index (χ2v) is 8.59. The lowest BCUT2D eigenvalue weighted by Crippen LogP contribution is -2.50. The van der Waals surface area contributed by atoms with E-state index in [1.807, 2.05) is 25.7 Å². The fourth-order valence-electron chi connectivity index (χ4n) is 3.85. The maximum atomic E-state index is 12.4. The largest absolute Gasteiger partial charge is 0.444 e. The molecule has 1 unspecified atom stereocenters. The molecule has 2 aliphatic carbocycles. The van der Waals surface area contributed by atoms with Gasteiger partial charge in [-0.15, -0.1) is 0 Å². The van der Waals surface area contributed by atoms with Crippen molar-refractivity contribution in [1.82, 2.24) is 10.2 Å². The molecule has 0 aromatic heterocycles. The molecule has 1 aliphatic heterocycles. The van der Waals surface area contributed by atoms with E-state index in [1.165, 1.54) is 32.1 Å². The fourth-order valence-corrected chi connectivity index (χ4v) is 3.85. The van der Waals surface area contributed by atoms with Crippen molar-refractivity contribution in [3.8, 4) is 0 Å². The highest BCUT2D eigenvalue weighted by Crippen LogP contribution is 2.60. The van der Waals surface area contributed by atoms with Crippen molar-refractivity contribution in [2.45, 2.75) is 77.4 Å². The summed E-state index contributed by atoms with van der Waals surface area (Å²) in [6, 6.07) is 0.304. The molecule has 3 aliphatic rings. The first-order valence-corrected chi connectivity index (χ1v) is 9.10. The maximum absolute atomic E-state index is 12.4. The van der Waals surface area contributed by atoms with Gasteiger partial charge in [-0.2, -0.15) is 0 Å². The number of carbonyl (C=O) groups is 1. The van der Waals surface area contributed by atoms with Gasteiger partial charge in [0.1, 0.15) is 5.60 Å². The lowest BCUT2D eigenvalue weighted by Gasteiger charge is -2.37. The molecule has 22 heavy (non-hydrogen) atoms. The summed E-state index contributed by atoms with van der Waals surface area (Å²) in [4.78, 5) is 14.3. The summed E-state index contributed by atoms with van der Waals surface area (Å²) in [5.41, 5.74) is 0.224. The molecule has 0 aromatic carbocycles. The zero-order valence-electron chi connectivity index (χ0n) is 14.5. The molecule has 1 saturated heterocycles. The van der Waals surface area contributed by atoms with Gasteiger partial charge in [0.25, 0.3) is 0 Å². The van der Waals surface area contributed by atoms with E-state index >= 15 is 0 Å². The average molecular weight is 308 g/mol. The van der Waals surface area contributed by atoms with Gasteiger partial charge in [-0.1, -0.05) is 0 Å². The molecule has 0 aromatic rings. The van der Waals surface area contributed by atoms with Crippen LogP contribution in [0.5, 0.6) is 0 Å². The van der Waals surface area contributed by atoms with Gasteiger partial charge in [0, 0.05) is 25.7 Å². The molecule has 3 fully saturated rings. The quantitative estimate of drug-likeness (QED) is 0.844. The van der Waals surface area contributed by atoms with Gasteiger partial charge in [0.2, 0.25) is 0 Å². The van der Waals surface area contributed by atoms with Crippen molar-refractivity contribution in [2.75, 3.05) is 19.6 Å².